The van der Waals surface area contributed by atoms with Gasteiger partial charge in [0.15, 0.2) is 0 Å². The van der Waals surface area contributed by atoms with Crippen molar-refractivity contribution in [3.05, 3.63) is 142 Å². The first-order chi connectivity index (χ1) is 18.2. The van der Waals surface area contributed by atoms with Crippen LogP contribution in [0.1, 0.15) is 54.1 Å². The molecular formula is C30H32ClFN2O2RuS. The van der Waals surface area contributed by atoms with Gasteiger partial charge in [-0.2, -0.15) is 0 Å². The molecule has 0 aliphatic heterocycles. The number of benzene rings is 4. The molecule has 0 fully saturated rings. The monoisotopic (exact) mass is 640 g/mol. The molecule has 202 valence electrons. The number of aryl methyl sites for hydroxylation is 1. The molecule has 0 bridgehead atoms. The third-order valence-corrected chi connectivity index (χ3v) is 7.15. The van der Waals surface area contributed by atoms with Crippen LogP contribution in [0.25, 0.3) is 4.72 Å². The first-order valence-corrected chi connectivity index (χ1v) is 15.6. The fraction of sp³-hybridized carbons (Fsp3) is 0.200. The van der Waals surface area contributed by atoms with Crippen LogP contribution in [0, 0.1) is 12.7 Å². The minimum atomic E-state index is -4.00. The van der Waals surface area contributed by atoms with Gasteiger partial charge in [-0.1, -0.05) is 116 Å². The van der Waals surface area contributed by atoms with Gasteiger partial charge in [0, 0.05) is 10.9 Å². The molecule has 0 unspecified atom stereocenters. The van der Waals surface area contributed by atoms with Gasteiger partial charge in [-0.25, -0.2) is 12.8 Å². The zero-order chi connectivity index (χ0) is 28.1. The first kappa shape index (κ1) is 31.8. The van der Waals surface area contributed by atoms with Crippen molar-refractivity contribution >= 4 is 19.7 Å². The number of hydrogen-bond donors (Lipinski definition) is 1. The fourth-order valence-corrected chi connectivity index (χ4v) is 4.76. The van der Waals surface area contributed by atoms with Crippen molar-refractivity contribution in [1.29, 1.82) is 0 Å². The minimum absolute atomic E-state index is 0.0694. The number of nitrogens with two attached hydrogens (primary N) is 1. The molecule has 2 N–H and O–H groups in total. The summed E-state index contributed by atoms with van der Waals surface area (Å²) in [6.45, 7) is 6.54. The zero-order valence-electron chi connectivity index (χ0n) is 21.5. The summed E-state index contributed by atoms with van der Waals surface area (Å²) in [5.41, 5.74) is 10.6. The van der Waals surface area contributed by atoms with Gasteiger partial charge < -0.3 is 10.5 Å². The van der Waals surface area contributed by atoms with E-state index in [4.69, 9.17) is 5.73 Å². The number of sulfonamides is 1. The van der Waals surface area contributed by atoms with Crippen LogP contribution in [0.2, 0.25) is 0 Å². The van der Waals surface area contributed by atoms with Gasteiger partial charge in [0.05, 0.1) is 0 Å². The van der Waals surface area contributed by atoms with E-state index in [-0.39, 0.29) is 4.90 Å². The Morgan fingerprint density at radius 3 is 1.68 bits per heavy atom. The molecule has 0 spiro atoms. The molecule has 4 nitrogen and oxygen atoms in total. The summed E-state index contributed by atoms with van der Waals surface area (Å²) in [6.07, 6.45) is 0. The van der Waals surface area contributed by atoms with Crippen molar-refractivity contribution < 1.29 is 30.1 Å². The standard InChI is InChI=1S/C20H18FN2O2S.C10H14.ClH.Ru/c21-17-11-13-18(14-12-17)26(24,25)23-20(16-9-5-2-6-10-16)19(22)15-7-3-1-4-8-15;1-8(2)10-6-4-9(3)5-7-10;;/h1-14,19-20H,22H2;4-8H,1-3H3;1H;/q-1;;;+2/p-1/t19-,20-;;;/m0.../s1. The molecular weight excluding hydrogens is 608 g/mol. The van der Waals surface area contributed by atoms with Gasteiger partial charge in [0.25, 0.3) is 0 Å². The van der Waals surface area contributed by atoms with E-state index >= 15 is 0 Å². The second kappa shape index (κ2) is 15.9. The normalized spacial score (nSPS) is 12.4. The molecule has 0 amide bonds. The SMILES string of the molecule is Cc1ccc(C(C)C)cc1.N[C@@H](c1ccccc1)[C@@H]([N-]S(=O)(=O)c1ccc(F)cc1)c1ccccc1.[Cl][Ru+]. The van der Waals surface area contributed by atoms with Crippen LogP contribution in [-0.4, -0.2) is 8.42 Å². The molecule has 0 radical (unpaired) electrons. The summed E-state index contributed by atoms with van der Waals surface area (Å²) in [4.78, 5) is -0.0694. The van der Waals surface area contributed by atoms with Gasteiger partial charge in [-0.3, -0.25) is 0 Å². The van der Waals surface area contributed by atoms with Gasteiger partial charge in [-0.05, 0) is 48.2 Å². The summed E-state index contributed by atoms with van der Waals surface area (Å²) in [5, 5.41) is 0. The Kier molecular flexibility index (Phi) is 13.3. The van der Waals surface area contributed by atoms with E-state index in [0.29, 0.717) is 11.5 Å². The van der Waals surface area contributed by atoms with Crippen molar-refractivity contribution in [2.24, 2.45) is 5.73 Å². The first-order valence-electron chi connectivity index (χ1n) is 12.0. The van der Waals surface area contributed by atoms with Crippen molar-refractivity contribution in [1.82, 2.24) is 0 Å². The molecule has 0 saturated carbocycles. The van der Waals surface area contributed by atoms with Gasteiger partial charge in [0.2, 0.25) is 0 Å². The molecule has 2 atom stereocenters. The average Bonchev–Trinajstić information content (AvgIpc) is 2.94. The molecule has 4 aromatic rings. The van der Waals surface area contributed by atoms with E-state index in [2.05, 4.69) is 59.4 Å². The Balaban J connectivity index is 0.000000353. The second-order valence-corrected chi connectivity index (χ2v) is 10.5. The van der Waals surface area contributed by atoms with Crippen LogP contribution in [0.15, 0.2) is 114 Å². The topological polar surface area (TPSA) is 74.3 Å². The van der Waals surface area contributed by atoms with Gasteiger partial charge >= 0.3 is 27.0 Å². The van der Waals surface area contributed by atoms with E-state index in [9.17, 15) is 12.8 Å². The summed E-state index contributed by atoms with van der Waals surface area (Å²) < 4.78 is 42.6. The van der Waals surface area contributed by atoms with Gasteiger partial charge in [-0.15, -0.1) is 0 Å². The van der Waals surface area contributed by atoms with Crippen LogP contribution in [-0.2, 0) is 27.3 Å². The predicted octanol–water partition coefficient (Wildman–Crippen LogP) is 8.13. The number of hydrogen-bond acceptors (Lipinski definition) is 3. The van der Waals surface area contributed by atoms with E-state index in [1.165, 1.54) is 23.3 Å². The van der Waals surface area contributed by atoms with Crippen molar-refractivity contribution in [2.75, 3.05) is 0 Å². The van der Waals surface area contributed by atoms with E-state index in [1.807, 2.05) is 53.7 Å². The molecule has 4 aromatic carbocycles. The molecule has 0 heterocycles. The Morgan fingerprint density at radius 2 is 1.21 bits per heavy atom. The maximum atomic E-state index is 13.1. The summed E-state index contributed by atoms with van der Waals surface area (Å²) in [5.74, 6) is 0.144. The molecule has 0 saturated heterocycles. The average molecular weight is 640 g/mol. The Labute approximate surface area is 240 Å². The van der Waals surface area contributed by atoms with E-state index in [1.54, 1.807) is 24.3 Å². The Bertz CT molecular complexity index is 1320. The molecule has 0 aromatic heterocycles. The predicted molar refractivity (Wildman–Crippen MR) is 151 cm³/mol. The van der Waals surface area contributed by atoms with Crippen LogP contribution < -0.4 is 5.73 Å². The second-order valence-electron chi connectivity index (χ2n) is 8.89. The number of halogens is 2. The molecule has 0 aliphatic rings. The summed E-state index contributed by atoms with van der Waals surface area (Å²) >= 11 is 1.82. The molecule has 4 rings (SSSR count). The van der Waals surface area contributed by atoms with Crippen LogP contribution in [0.3, 0.4) is 0 Å². The Hall–Kier alpha value is -2.41. The van der Waals surface area contributed by atoms with E-state index in [0.717, 1.165) is 17.7 Å². The van der Waals surface area contributed by atoms with E-state index < -0.39 is 27.9 Å². The van der Waals surface area contributed by atoms with Crippen molar-refractivity contribution in [3.8, 4) is 0 Å². The Morgan fingerprint density at radius 1 is 0.737 bits per heavy atom. The van der Waals surface area contributed by atoms with Crippen molar-refractivity contribution in [3.63, 3.8) is 0 Å². The van der Waals surface area contributed by atoms with Gasteiger partial charge in [0.1, 0.15) is 15.8 Å². The van der Waals surface area contributed by atoms with Crippen LogP contribution in [0.5, 0.6) is 0 Å². The third-order valence-electron chi connectivity index (χ3n) is 5.77. The van der Waals surface area contributed by atoms with Crippen LogP contribution in [0.4, 0.5) is 4.39 Å². The third kappa shape index (κ3) is 9.72. The molecule has 8 heteroatoms. The van der Waals surface area contributed by atoms with Crippen LogP contribution >= 0.6 is 9.69 Å². The zero-order valence-corrected chi connectivity index (χ0v) is 24.8. The fourth-order valence-electron chi connectivity index (χ4n) is 3.61. The summed E-state index contributed by atoms with van der Waals surface area (Å²) in [7, 11) is 0.570. The quantitative estimate of drug-likeness (QED) is 0.208. The summed E-state index contributed by atoms with van der Waals surface area (Å²) in [6, 6.07) is 30.1. The molecule has 0 aliphatic carbocycles. The molecule has 38 heavy (non-hydrogen) atoms. The number of rotatable bonds is 7. The number of nitrogens with zero attached hydrogens (tertiary/aromatic N) is 1. The maximum absolute atomic E-state index is 13.1. The van der Waals surface area contributed by atoms with Crippen molar-refractivity contribution in [2.45, 2.75) is 43.7 Å².